The van der Waals surface area contributed by atoms with Crippen LogP contribution in [0.2, 0.25) is 0 Å². The lowest BCUT2D eigenvalue weighted by atomic mass is 10.0. The molecule has 0 unspecified atom stereocenters. The second-order valence-electron chi connectivity index (χ2n) is 12.4. The third-order valence-electron chi connectivity index (χ3n) is 9.78. The highest BCUT2D eigenvalue weighted by Gasteiger charge is 2.23. The van der Waals surface area contributed by atoms with E-state index in [1.807, 2.05) is 0 Å². The minimum atomic E-state index is 0.800. The summed E-state index contributed by atoms with van der Waals surface area (Å²) in [4.78, 5) is 1.28. The minimum absolute atomic E-state index is 0.800. The van der Waals surface area contributed by atoms with Gasteiger partial charge in [0.25, 0.3) is 0 Å². The van der Waals surface area contributed by atoms with E-state index in [-0.39, 0.29) is 0 Å². The number of thiophene rings is 1. The van der Waals surface area contributed by atoms with Gasteiger partial charge in [-0.3, -0.25) is 8.97 Å². The monoisotopic (exact) mass is 631 g/mol. The van der Waals surface area contributed by atoms with Gasteiger partial charge in [-0.05, 0) is 66.0 Å². The Kier molecular flexibility index (Phi) is 5.20. The fourth-order valence-electron chi connectivity index (χ4n) is 7.79. The van der Waals surface area contributed by atoms with Crippen LogP contribution < -0.4 is 0 Å². The van der Waals surface area contributed by atoms with Gasteiger partial charge in [0.15, 0.2) is 11.6 Å². The van der Waals surface area contributed by atoms with Gasteiger partial charge in [-0.1, -0.05) is 84.9 Å². The van der Waals surface area contributed by atoms with Crippen molar-refractivity contribution in [1.29, 1.82) is 0 Å². The van der Waals surface area contributed by atoms with Crippen LogP contribution >= 0.6 is 11.3 Å². The lowest BCUT2D eigenvalue weighted by Crippen LogP contribution is -2.01. The first kappa shape index (κ1) is 25.9. The third-order valence-corrected chi connectivity index (χ3v) is 10.7. The second-order valence-corrected chi connectivity index (χ2v) is 13.2. The number of hydrogen-bond donors (Lipinski definition) is 0. The first-order valence-electron chi connectivity index (χ1n) is 16.1. The Hall–Kier alpha value is -6.24. The van der Waals surface area contributed by atoms with Crippen LogP contribution in [0.15, 0.2) is 151 Å². The molecule has 0 saturated heterocycles. The summed E-state index contributed by atoms with van der Waals surface area (Å²) < 4.78 is 6.99. The molecule has 0 aliphatic heterocycles. The van der Waals surface area contributed by atoms with Gasteiger partial charge in [0.2, 0.25) is 0 Å². The van der Waals surface area contributed by atoms with Crippen LogP contribution in [-0.4, -0.2) is 23.7 Å². The molecule has 11 rings (SSSR count). The normalized spacial score (nSPS) is 12.2. The lowest BCUT2D eigenvalue weighted by Gasteiger charge is -2.13. The number of fused-ring (bicyclic) bond motifs is 9. The Bertz CT molecular complexity index is 2960. The molecule has 48 heavy (non-hydrogen) atoms. The van der Waals surface area contributed by atoms with Crippen LogP contribution in [0.25, 0.3) is 93.4 Å². The van der Waals surface area contributed by atoms with Crippen LogP contribution in [0.3, 0.4) is 0 Å². The average Bonchev–Trinajstić information content (AvgIpc) is 3.97. The maximum atomic E-state index is 4.94. The molecule has 0 aliphatic rings. The maximum absolute atomic E-state index is 4.94. The molecule has 0 bridgehead atoms. The second kappa shape index (κ2) is 9.64. The van der Waals surface area contributed by atoms with Crippen LogP contribution in [0.5, 0.6) is 0 Å². The molecule has 5 nitrogen and oxygen atoms in total. The average molecular weight is 632 g/mol. The summed E-state index contributed by atoms with van der Waals surface area (Å²) in [6.07, 6.45) is 0. The predicted molar refractivity (Wildman–Crippen MR) is 199 cm³/mol. The predicted octanol–water partition coefficient (Wildman–Crippen LogP) is 10.9. The molecule has 0 fully saturated rings. The van der Waals surface area contributed by atoms with Crippen LogP contribution in [0.1, 0.15) is 0 Å². The smallest absolute Gasteiger partial charge is 0.168 e. The highest BCUT2D eigenvalue weighted by Crippen LogP contribution is 2.43. The fraction of sp³-hybridized carbons (Fsp3) is 0. The van der Waals surface area contributed by atoms with Crippen molar-refractivity contribution in [3.8, 4) is 34.2 Å². The van der Waals surface area contributed by atoms with Crippen molar-refractivity contribution in [2.75, 3.05) is 0 Å². The maximum Gasteiger partial charge on any atom is 0.168 e. The molecule has 0 radical (unpaired) electrons. The summed E-state index contributed by atoms with van der Waals surface area (Å²) in [5, 5.41) is 19.5. The first-order valence-corrected chi connectivity index (χ1v) is 17.0. The van der Waals surface area contributed by atoms with Gasteiger partial charge in [0.05, 0.1) is 22.1 Å². The molecular formula is C42H25N5S. The third kappa shape index (κ3) is 3.44. The summed E-state index contributed by atoms with van der Waals surface area (Å²) >= 11 is 1.79. The standard InChI is InChI=1S/C42H25N5S/c1-2-12-28(13-3-1)46-40(26-11-10-14-29(23-26)45-36-18-7-4-15-30(36)31-16-5-8-19-37(31)45)43-44-41(46)27-24-34-32-17-6-9-20-38(32)47-39(34)35(25-27)33-21-22-48-42(33)47/h1-25H. The highest BCUT2D eigenvalue weighted by atomic mass is 32.1. The zero-order valence-electron chi connectivity index (χ0n) is 25.6. The zero-order chi connectivity index (χ0) is 31.3. The van der Waals surface area contributed by atoms with E-state index >= 15 is 0 Å². The van der Waals surface area contributed by atoms with Gasteiger partial charge in [0.1, 0.15) is 4.83 Å². The van der Waals surface area contributed by atoms with E-state index in [1.54, 1.807) is 11.3 Å². The molecular weight excluding hydrogens is 607 g/mol. The molecule has 0 spiro atoms. The van der Waals surface area contributed by atoms with Crippen molar-refractivity contribution in [2.24, 2.45) is 0 Å². The van der Waals surface area contributed by atoms with E-state index in [0.29, 0.717) is 0 Å². The largest absolute Gasteiger partial charge is 0.309 e. The molecule has 0 aliphatic carbocycles. The van der Waals surface area contributed by atoms with Gasteiger partial charge in [-0.15, -0.1) is 21.5 Å². The molecule has 5 heterocycles. The van der Waals surface area contributed by atoms with E-state index in [4.69, 9.17) is 10.2 Å². The molecule has 0 N–H and O–H groups in total. The Balaban J connectivity index is 1.17. The fourth-order valence-corrected chi connectivity index (χ4v) is 8.72. The Morgan fingerprint density at radius 2 is 1.00 bits per heavy atom. The summed E-state index contributed by atoms with van der Waals surface area (Å²) in [6, 6.07) is 51.9. The van der Waals surface area contributed by atoms with Crippen molar-refractivity contribution in [2.45, 2.75) is 0 Å². The van der Waals surface area contributed by atoms with E-state index < -0.39 is 0 Å². The summed E-state index contributed by atoms with van der Waals surface area (Å²) in [5.74, 6) is 1.62. The van der Waals surface area contributed by atoms with Gasteiger partial charge in [-0.25, -0.2) is 0 Å². The number of para-hydroxylation sites is 4. The van der Waals surface area contributed by atoms with Gasteiger partial charge < -0.3 is 4.57 Å². The Morgan fingerprint density at radius 3 is 1.73 bits per heavy atom. The van der Waals surface area contributed by atoms with Gasteiger partial charge in [0, 0.05) is 54.8 Å². The molecule has 0 amide bonds. The zero-order valence-corrected chi connectivity index (χ0v) is 26.4. The van der Waals surface area contributed by atoms with E-state index in [9.17, 15) is 0 Å². The topological polar surface area (TPSA) is 40.0 Å². The van der Waals surface area contributed by atoms with Crippen LogP contribution in [0, 0.1) is 0 Å². The molecule has 224 valence electrons. The van der Waals surface area contributed by atoms with Crippen molar-refractivity contribution in [1.82, 2.24) is 23.7 Å². The summed E-state index contributed by atoms with van der Waals surface area (Å²) in [7, 11) is 0. The van der Waals surface area contributed by atoms with E-state index in [1.165, 1.54) is 59.2 Å². The molecule has 6 aromatic carbocycles. The van der Waals surface area contributed by atoms with Crippen molar-refractivity contribution in [3.63, 3.8) is 0 Å². The van der Waals surface area contributed by atoms with E-state index in [2.05, 4.69) is 165 Å². The molecule has 5 aromatic heterocycles. The number of benzene rings is 6. The quantitative estimate of drug-likeness (QED) is 0.194. The van der Waals surface area contributed by atoms with Gasteiger partial charge in [-0.2, -0.15) is 0 Å². The van der Waals surface area contributed by atoms with Crippen molar-refractivity contribution < 1.29 is 0 Å². The summed E-state index contributed by atoms with van der Waals surface area (Å²) in [5.41, 5.74) is 9.01. The number of nitrogens with zero attached hydrogens (tertiary/aromatic N) is 5. The SMILES string of the molecule is c1ccc(-n2c(-c3cccc(-n4c5ccccc5c5ccccc54)c3)nnc2-c2cc3c4ccccc4n4c5sccc5c(c2)c34)cc1. The van der Waals surface area contributed by atoms with Gasteiger partial charge >= 0.3 is 0 Å². The molecule has 0 saturated carbocycles. The number of rotatable bonds is 4. The molecule has 0 atom stereocenters. The minimum Gasteiger partial charge on any atom is -0.309 e. The van der Waals surface area contributed by atoms with Crippen molar-refractivity contribution in [3.05, 3.63) is 151 Å². The van der Waals surface area contributed by atoms with Crippen LogP contribution in [-0.2, 0) is 0 Å². The van der Waals surface area contributed by atoms with Crippen molar-refractivity contribution >= 4 is 70.6 Å². The Morgan fingerprint density at radius 1 is 0.417 bits per heavy atom. The molecule has 6 heteroatoms. The highest BCUT2D eigenvalue weighted by molar-refractivity contribution is 7.17. The number of aromatic nitrogens is 5. The van der Waals surface area contributed by atoms with Crippen LogP contribution in [0.4, 0.5) is 0 Å². The molecule has 11 aromatic rings. The lowest BCUT2D eigenvalue weighted by molar-refractivity contribution is 1.07. The first-order chi connectivity index (χ1) is 23.8. The van der Waals surface area contributed by atoms with E-state index in [0.717, 1.165) is 34.2 Å². The number of hydrogen-bond acceptors (Lipinski definition) is 3. The summed E-state index contributed by atoms with van der Waals surface area (Å²) in [6.45, 7) is 0. The Labute approximate surface area is 278 Å².